The number of hydrogen-bond acceptors (Lipinski definition) is 7. The molecule has 0 aliphatic carbocycles. The molecule has 2 saturated heterocycles. The van der Waals surface area contributed by atoms with Crippen molar-refractivity contribution in [1.82, 2.24) is 25.0 Å². The van der Waals surface area contributed by atoms with E-state index in [1.54, 1.807) is 10.9 Å². The average Bonchev–Trinajstić information content (AvgIpc) is 3.59. The molecule has 0 radical (unpaired) electrons. The number of nitrogens with one attached hydrogen (secondary N) is 2. The van der Waals surface area contributed by atoms with Crippen molar-refractivity contribution in [2.75, 3.05) is 43.2 Å². The predicted octanol–water partition coefficient (Wildman–Crippen LogP) is 3.40. The van der Waals surface area contributed by atoms with Crippen LogP contribution in [0.3, 0.4) is 0 Å². The lowest BCUT2D eigenvalue weighted by Gasteiger charge is -2.34. The van der Waals surface area contributed by atoms with Crippen LogP contribution in [0.4, 0.5) is 11.5 Å². The number of nitrogens with zero attached hydrogens (tertiary/aromatic N) is 5. The summed E-state index contributed by atoms with van der Waals surface area (Å²) in [6.45, 7) is 5.53. The minimum Gasteiger partial charge on any atom is -0.381 e. The molecule has 0 saturated carbocycles. The molecular formula is C26H29N7O3. The normalized spacial score (nSPS) is 19.0. The molecule has 36 heavy (non-hydrogen) atoms. The lowest BCUT2D eigenvalue weighted by molar-refractivity contribution is -0.122. The number of ether oxygens (including phenoxy) is 2. The van der Waals surface area contributed by atoms with Gasteiger partial charge in [-0.05, 0) is 49.1 Å². The minimum atomic E-state index is 0.00389. The zero-order chi connectivity index (χ0) is 24.5. The standard InChI is InChI=1S/C26H29N7O3/c1-17-16-36-13-10-32(17)24-14-21(22-15-28-33(25(22)30-24)23-6-9-27-31-23)18-2-4-20(5-3-18)29-26(34)19-7-11-35-12-8-19/h2-6,9,14-15,17,19H,7-8,10-13,16H2,1H3,(H,27,31)(H,29,34)/t17-/m1/s1. The van der Waals surface area contributed by atoms with Crippen molar-refractivity contribution >= 4 is 28.4 Å². The van der Waals surface area contributed by atoms with E-state index in [4.69, 9.17) is 14.5 Å². The molecule has 10 nitrogen and oxygen atoms in total. The molecule has 3 aromatic heterocycles. The summed E-state index contributed by atoms with van der Waals surface area (Å²) in [4.78, 5) is 19.9. The van der Waals surface area contributed by atoms with E-state index in [-0.39, 0.29) is 17.9 Å². The van der Waals surface area contributed by atoms with E-state index in [1.807, 2.05) is 36.5 Å². The Kier molecular flexibility index (Phi) is 6.12. The largest absolute Gasteiger partial charge is 0.381 e. The summed E-state index contributed by atoms with van der Waals surface area (Å²) in [6, 6.07) is 12.2. The van der Waals surface area contributed by atoms with Crippen molar-refractivity contribution < 1.29 is 14.3 Å². The molecule has 4 aromatic rings. The van der Waals surface area contributed by atoms with Gasteiger partial charge in [0.1, 0.15) is 5.82 Å². The number of fused-ring (bicyclic) bond motifs is 1. The van der Waals surface area contributed by atoms with Gasteiger partial charge in [0.15, 0.2) is 11.5 Å². The number of benzene rings is 1. The Hall–Kier alpha value is -3.76. The maximum Gasteiger partial charge on any atom is 0.227 e. The molecule has 1 aromatic carbocycles. The maximum absolute atomic E-state index is 12.7. The van der Waals surface area contributed by atoms with Gasteiger partial charge >= 0.3 is 0 Å². The number of anilines is 2. The van der Waals surface area contributed by atoms with Gasteiger partial charge in [-0.25, -0.2) is 4.98 Å². The van der Waals surface area contributed by atoms with E-state index in [0.29, 0.717) is 32.2 Å². The molecule has 186 valence electrons. The molecule has 0 spiro atoms. The number of aromatic amines is 1. The predicted molar refractivity (Wildman–Crippen MR) is 136 cm³/mol. The number of hydrogen-bond donors (Lipinski definition) is 2. The van der Waals surface area contributed by atoms with Gasteiger partial charge in [-0.1, -0.05) is 12.1 Å². The van der Waals surface area contributed by atoms with Crippen molar-refractivity contribution in [1.29, 1.82) is 0 Å². The highest BCUT2D eigenvalue weighted by Gasteiger charge is 2.24. The van der Waals surface area contributed by atoms with Gasteiger partial charge in [0.05, 0.1) is 25.5 Å². The summed E-state index contributed by atoms with van der Waals surface area (Å²) < 4.78 is 12.8. The second kappa shape index (κ2) is 9.71. The van der Waals surface area contributed by atoms with Gasteiger partial charge in [-0.15, -0.1) is 0 Å². The fraction of sp³-hybridized carbons (Fsp3) is 0.385. The highest BCUT2D eigenvalue weighted by molar-refractivity contribution is 5.96. The lowest BCUT2D eigenvalue weighted by atomic mass is 9.99. The molecule has 2 N–H and O–H groups in total. The van der Waals surface area contributed by atoms with Crippen molar-refractivity contribution in [3.8, 4) is 16.9 Å². The fourth-order valence-corrected chi connectivity index (χ4v) is 4.92. The summed E-state index contributed by atoms with van der Waals surface area (Å²) >= 11 is 0. The third-order valence-electron chi connectivity index (χ3n) is 6.95. The second-order valence-corrected chi connectivity index (χ2v) is 9.32. The zero-order valence-corrected chi connectivity index (χ0v) is 20.2. The smallest absolute Gasteiger partial charge is 0.227 e. The quantitative estimate of drug-likeness (QED) is 0.444. The second-order valence-electron chi connectivity index (χ2n) is 9.32. The number of carbonyl (C=O) groups is 1. The van der Waals surface area contributed by atoms with E-state index < -0.39 is 0 Å². The van der Waals surface area contributed by atoms with Crippen LogP contribution >= 0.6 is 0 Å². The SMILES string of the molecule is C[C@@H]1COCCN1c1cc(-c2ccc(NC(=O)C3CCOCC3)cc2)c2cnn(-c3cc[nH]n3)c2n1. The Morgan fingerprint density at radius 1 is 1.08 bits per heavy atom. The van der Waals surface area contributed by atoms with Crippen molar-refractivity contribution in [3.63, 3.8) is 0 Å². The topological polar surface area (TPSA) is 110 Å². The van der Waals surface area contributed by atoms with E-state index in [0.717, 1.165) is 53.1 Å². The number of pyridine rings is 1. The summed E-state index contributed by atoms with van der Waals surface area (Å²) in [6.07, 6.45) is 5.13. The summed E-state index contributed by atoms with van der Waals surface area (Å²) in [5.74, 6) is 1.62. The maximum atomic E-state index is 12.7. The van der Waals surface area contributed by atoms with Crippen molar-refractivity contribution in [3.05, 3.63) is 48.8 Å². The Labute approximate surface area is 208 Å². The van der Waals surface area contributed by atoms with Crippen LogP contribution in [0.1, 0.15) is 19.8 Å². The van der Waals surface area contributed by atoms with Crippen LogP contribution < -0.4 is 10.2 Å². The molecular weight excluding hydrogens is 458 g/mol. The van der Waals surface area contributed by atoms with Crippen LogP contribution in [0.15, 0.2) is 48.8 Å². The number of amides is 1. The highest BCUT2D eigenvalue weighted by atomic mass is 16.5. The van der Waals surface area contributed by atoms with Gasteiger partial charge in [0, 0.05) is 49.0 Å². The first-order valence-corrected chi connectivity index (χ1v) is 12.4. The van der Waals surface area contributed by atoms with E-state index in [9.17, 15) is 4.79 Å². The summed E-state index contributed by atoms with van der Waals surface area (Å²) in [7, 11) is 0. The molecule has 10 heteroatoms. The van der Waals surface area contributed by atoms with Crippen molar-refractivity contribution in [2.24, 2.45) is 5.92 Å². The molecule has 0 bridgehead atoms. The van der Waals surface area contributed by atoms with Gasteiger partial charge in [-0.3, -0.25) is 9.89 Å². The van der Waals surface area contributed by atoms with E-state index >= 15 is 0 Å². The van der Waals surface area contributed by atoms with Crippen LogP contribution in [0.25, 0.3) is 28.0 Å². The van der Waals surface area contributed by atoms with Crippen LogP contribution in [0, 0.1) is 5.92 Å². The summed E-state index contributed by atoms with van der Waals surface area (Å²) in [5, 5.41) is 15.7. The fourth-order valence-electron chi connectivity index (χ4n) is 4.92. The average molecular weight is 488 g/mol. The Morgan fingerprint density at radius 2 is 1.92 bits per heavy atom. The monoisotopic (exact) mass is 487 g/mol. The molecule has 2 aliphatic rings. The Bertz CT molecular complexity index is 1340. The van der Waals surface area contributed by atoms with E-state index in [1.165, 1.54) is 0 Å². The molecule has 1 amide bonds. The zero-order valence-electron chi connectivity index (χ0n) is 20.2. The van der Waals surface area contributed by atoms with Crippen LogP contribution in [-0.4, -0.2) is 69.9 Å². The Morgan fingerprint density at radius 3 is 2.67 bits per heavy atom. The minimum absolute atomic E-state index is 0.00389. The first-order chi connectivity index (χ1) is 17.7. The van der Waals surface area contributed by atoms with Gasteiger partial charge in [0.2, 0.25) is 5.91 Å². The van der Waals surface area contributed by atoms with Gasteiger partial charge in [0.25, 0.3) is 0 Å². The lowest BCUT2D eigenvalue weighted by Crippen LogP contribution is -2.44. The third-order valence-corrected chi connectivity index (χ3v) is 6.95. The molecule has 0 unspecified atom stereocenters. The van der Waals surface area contributed by atoms with Gasteiger partial charge < -0.3 is 19.7 Å². The molecule has 1 atom stereocenters. The number of H-pyrrole nitrogens is 1. The first-order valence-electron chi connectivity index (χ1n) is 12.4. The Balaban J connectivity index is 1.36. The van der Waals surface area contributed by atoms with Gasteiger partial charge in [-0.2, -0.15) is 14.9 Å². The molecule has 5 heterocycles. The third kappa shape index (κ3) is 4.33. The first kappa shape index (κ1) is 22.7. The van der Waals surface area contributed by atoms with Crippen LogP contribution in [-0.2, 0) is 14.3 Å². The number of aromatic nitrogens is 5. The highest BCUT2D eigenvalue weighted by Crippen LogP contribution is 2.34. The van der Waals surface area contributed by atoms with Crippen LogP contribution in [0.2, 0.25) is 0 Å². The van der Waals surface area contributed by atoms with Crippen LogP contribution in [0.5, 0.6) is 0 Å². The van der Waals surface area contributed by atoms with E-state index in [2.05, 4.69) is 38.5 Å². The number of rotatable bonds is 5. The molecule has 2 fully saturated rings. The number of carbonyl (C=O) groups excluding carboxylic acids is 1. The molecule has 6 rings (SSSR count). The molecule has 2 aliphatic heterocycles. The van der Waals surface area contributed by atoms with Crippen molar-refractivity contribution in [2.45, 2.75) is 25.8 Å². The summed E-state index contributed by atoms with van der Waals surface area (Å²) in [5.41, 5.74) is 3.58. The number of morpholine rings is 1.